The minimum atomic E-state index is -0.904. The summed E-state index contributed by atoms with van der Waals surface area (Å²) < 4.78 is 0. The first-order chi connectivity index (χ1) is 15.2. The highest BCUT2D eigenvalue weighted by Gasteiger charge is 2.31. The number of benzene rings is 3. The Kier molecular flexibility index (Phi) is 6.24. The van der Waals surface area contributed by atoms with Crippen LogP contribution in [0.25, 0.3) is 0 Å². The third-order valence-electron chi connectivity index (χ3n) is 4.62. The van der Waals surface area contributed by atoms with Gasteiger partial charge in [0.15, 0.2) is 0 Å². The van der Waals surface area contributed by atoms with Gasteiger partial charge in [-0.05, 0) is 44.2 Å². The monoisotopic (exact) mass is 434 g/mol. The van der Waals surface area contributed by atoms with Gasteiger partial charge in [0.1, 0.15) is 11.1 Å². The molecule has 0 spiro atoms. The zero-order valence-corrected chi connectivity index (χ0v) is 17.1. The molecule has 3 aromatic rings. The third-order valence-corrected chi connectivity index (χ3v) is 4.62. The van der Waals surface area contributed by atoms with Crippen LogP contribution in [0, 0.1) is 34.1 Å². The summed E-state index contributed by atoms with van der Waals surface area (Å²) in [5, 5.41) is 28.0. The summed E-state index contributed by atoms with van der Waals surface area (Å²) in [5.41, 5.74) is 0.114. The smallest absolute Gasteiger partial charge is 0.289 e. The average Bonchev–Trinajstić information content (AvgIpc) is 2.75. The van der Waals surface area contributed by atoms with Crippen molar-refractivity contribution in [1.82, 2.24) is 0 Å². The number of carbonyl (C=O) groups excluding carboxylic acids is 2. The summed E-state index contributed by atoms with van der Waals surface area (Å²) in [4.78, 5) is 46.7. The molecular formula is C22H18N4O6. The fourth-order valence-corrected chi connectivity index (χ4v) is 2.91. The predicted molar refractivity (Wildman–Crippen MR) is 118 cm³/mol. The molecule has 0 bridgehead atoms. The van der Waals surface area contributed by atoms with E-state index < -0.39 is 44.2 Å². The van der Waals surface area contributed by atoms with Crippen molar-refractivity contribution in [3.63, 3.8) is 0 Å². The maximum Gasteiger partial charge on any atom is 0.289 e. The summed E-state index contributed by atoms with van der Waals surface area (Å²) in [5.74, 6) is -1.75. The van der Waals surface area contributed by atoms with Crippen molar-refractivity contribution in [2.75, 3.05) is 10.6 Å². The number of amides is 2. The molecular weight excluding hydrogens is 416 g/mol. The number of hydrogen-bond acceptors (Lipinski definition) is 6. The Morgan fingerprint density at radius 1 is 0.656 bits per heavy atom. The van der Waals surface area contributed by atoms with Gasteiger partial charge in [-0.1, -0.05) is 35.4 Å². The van der Waals surface area contributed by atoms with E-state index in [2.05, 4.69) is 10.6 Å². The zero-order chi connectivity index (χ0) is 23.4. The van der Waals surface area contributed by atoms with Crippen molar-refractivity contribution in [3.05, 3.63) is 103 Å². The van der Waals surface area contributed by atoms with Gasteiger partial charge in [0.25, 0.3) is 23.2 Å². The molecule has 2 amide bonds. The van der Waals surface area contributed by atoms with Crippen molar-refractivity contribution in [2.24, 2.45) is 0 Å². The molecule has 0 aliphatic carbocycles. The van der Waals surface area contributed by atoms with Crippen LogP contribution in [0.2, 0.25) is 0 Å². The molecule has 0 aromatic heterocycles. The molecule has 2 N–H and O–H groups in total. The van der Waals surface area contributed by atoms with E-state index in [0.29, 0.717) is 17.4 Å². The van der Waals surface area contributed by atoms with Gasteiger partial charge in [0.05, 0.1) is 15.9 Å². The Balaban J connectivity index is 2.03. The molecule has 162 valence electrons. The SMILES string of the molecule is Cc1ccc(NC(=O)c2cc(C(=O)Nc3ccc(C)cc3)c([N+](=O)[O-])cc2[N+](=O)[O-])cc1. The molecule has 3 aromatic carbocycles. The maximum atomic E-state index is 12.8. The van der Waals surface area contributed by atoms with Gasteiger partial charge in [0, 0.05) is 11.4 Å². The number of aryl methyl sites for hydroxylation is 2. The van der Waals surface area contributed by atoms with E-state index >= 15 is 0 Å². The van der Waals surface area contributed by atoms with Crippen molar-refractivity contribution in [3.8, 4) is 0 Å². The van der Waals surface area contributed by atoms with Crippen LogP contribution in [-0.4, -0.2) is 21.7 Å². The molecule has 0 saturated heterocycles. The molecule has 3 rings (SSSR count). The molecule has 10 nitrogen and oxygen atoms in total. The molecule has 0 atom stereocenters. The van der Waals surface area contributed by atoms with Crippen LogP contribution >= 0.6 is 0 Å². The first-order valence-electron chi connectivity index (χ1n) is 9.38. The van der Waals surface area contributed by atoms with Crippen molar-refractivity contribution in [2.45, 2.75) is 13.8 Å². The summed E-state index contributed by atoms with van der Waals surface area (Å²) in [6.07, 6.45) is 0. The second kappa shape index (κ2) is 9.04. The minimum absolute atomic E-state index is 0.374. The highest BCUT2D eigenvalue weighted by molar-refractivity contribution is 6.12. The highest BCUT2D eigenvalue weighted by atomic mass is 16.6. The number of anilines is 2. The Morgan fingerprint density at radius 2 is 1.00 bits per heavy atom. The molecule has 10 heteroatoms. The van der Waals surface area contributed by atoms with Gasteiger partial charge < -0.3 is 10.6 Å². The van der Waals surface area contributed by atoms with Crippen molar-refractivity contribution >= 4 is 34.6 Å². The Hall–Kier alpha value is -4.60. The van der Waals surface area contributed by atoms with Crippen LogP contribution in [0.1, 0.15) is 31.8 Å². The number of hydrogen-bond donors (Lipinski definition) is 2. The normalized spacial score (nSPS) is 10.3. The number of carbonyl (C=O) groups is 2. The summed E-state index contributed by atoms with van der Waals surface area (Å²) >= 11 is 0. The minimum Gasteiger partial charge on any atom is -0.322 e. The van der Waals surface area contributed by atoms with Crippen LogP contribution in [-0.2, 0) is 0 Å². The third kappa shape index (κ3) is 4.93. The van der Waals surface area contributed by atoms with E-state index in [1.807, 2.05) is 13.8 Å². The molecule has 0 unspecified atom stereocenters. The largest absolute Gasteiger partial charge is 0.322 e. The standard InChI is InChI=1S/C22H18N4O6/c1-13-3-7-15(8-4-13)23-21(27)17-11-18(20(26(31)32)12-19(17)25(29)30)22(28)24-16-9-5-14(2)6-10-16/h3-12H,1-2H3,(H,23,27)(H,24,28). The molecule has 0 aliphatic heterocycles. The van der Waals surface area contributed by atoms with Gasteiger partial charge in [-0.2, -0.15) is 0 Å². The summed E-state index contributed by atoms with van der Waals surface area (Å²) in [7, 11) is 0. The number of nitrogens with zero attached hydrogens (tertiary/aromatic N) is 2. The quantitative estimate of drug-likeness (QED) is 0.428. The van der Waals surface area contributed by atoms with E-state index in [9.17, 15) is 29.8 Å². The molecule has 0 radical (unpaired) electrons. The number of nitrogens with one attached hydrogen (secondary N) is 2. The van der Waals surface area contributed by atoms with Crippen LogP contribution in [0.4, 0.5) is 22.7 Å². The van der Waals surface area contributed by atoms with Gasteiger partial charge in [-0.25, -0.2) is 0 Å². The van der Waals surface area contributed by atoms with Crippen molar-refractivity contribution < 1.29 is 19.4 Å². The lowest BCUT2D eigenvalue weighted by Gasteiger charge is -2.10. The van der Waals surface area contributed by atoms with Crippen LogP contribution < -0.4 is 10.6 Å². The lowest BCUT2D eigenvalue weighted by molar-refractivity contribution is -0.394. The lowest BCUT2D eigenvalue weighted by Crippen LogP contribution is -2.19. The lowest BCUT2D eigenvalue weighted by atomic mass is 10.0. The molecule has 0 saturated carbocycles. The predicted octanol–water partition coefficient (Wildman–Crippen LogP) is 4.62. The van der Waals surface area contributed by atoms with Crippen molar-refractivity contribution in [1.29, 1.82) is 0 Å². The van der Waals surface area contributed by atoms with E-state index in [-0.39, 0.29) is 0 Å². The zero-order valence-electron chi connectivity index (χ0n) is 17.1. The second-order valence-corrected chi connectivity index (χ2v) is 7.04. The van der Waals surface area contributed by atoms with Crippen LogP contribution in [0.3, 0.4) is 0 Å². The van der Waals surface area contributed by atoms with Gasteiger partial charge in [0.2, 0.25) is 0 Å². The topological polar surface area (TPSA) is 144 Å². The molecule has 0 aliphatic rings. The van der Waals surface area contributed by atoms with Crippen LogP contribution in [0.15, 0.2) is 60.7 Å². The average molecular weight is 434 g/mol. The Morgan fingerprint density at radius 3 is 1.31 bits per heavy atom. The van der Waals surface area contributed by atoms with E-state index in [4.69, 9.17) is 0 Å². The molecule has 0 fully saturated rings. The van der Waals surface area contributed by atoms with Gasteiger partial charge in [-0.15, -0.1) is 0 Å². The Bertz CT molecular complexity index is 1130. The fraction of sp³-hybridized carbons (Fsp3) is 0.0909. The fourth-order valence-electron chi connectivity index (χ4n) is 2.91. The molecule has 0 heterocycles. The first kappa shape index (κ1) is 22.1. The summed E-state index contributed by atoms with van der Waals surface area (Å²) in [6.45, 7) is 3.71. The molecule has 32 heavy (non-hydrogen) atoms. The summed E-state index contributed by atoms with van der Waals surface area (Å²) in [6, 6.07) is 14.9. The number of nitro groups is 2. The van der Waals surface area contributed by atoms with Gasteiger partial charge in [-0.3, -0.25) is 29.8 Å². The maximum absolute atomic E-state index is 12.8. The Labute approximate surface area is 182 Å². The van der Waals surface area contributed by atoms with E-state index in [0.717, 1.165) is 17.2 Å². The first-order valence-corrected chi connectivity index (χ1v) is 9.38. The number of rotatable bonds is 6. The second-order valence-electron chi connectivity index (χ2n) is 7.04. The number of nitro benzene ring substituents is 2. The highest BCUT2D eigenvalue weighted by Crippen LogP contribution is 2.30. The van der Waals surface area contributed by atoms with Gasteiger partial charge >= 0.3 is 0 Å². The van der Waals surface area contributed by atoms with Crippen LogP contribution in [0.5, 0.6) is 0 Å². The van der Waals surface area contributed by atoms with E-state index in [1.54, 1.807) is 48.5 Å². The van der Waals surface area contributed by atoms with E-state index in [1.165, 1.54) is 0 Å².